The van der Waals surface area contributed by atoms with Crippen LogP contribution in [0.4, 0.5) is 30.6 Å². The van der Waals surface area contributed by atoms with Crippen LogP contribution in [0.5, 0.6) is 5.75 Å². The van der Waals surface area contributed by atoms with Crippen molar-refractivity contribution in [2.24, 2.45) is 0 Å². The molecule has 2 aromatic carbocycles. The molecule has 1 atom stereocenters. The van der Waals surface area contributed by atoms with Gasteiger partial charge >= 0.3 is 6.03 Å². The second-order valence-corrected chi connectivity index (χ2v) is 9.33. The summed E-state index contributed by atoms with van der Waals surface area (Å²) in [4.78, 5) is 19.4. The summed E-state index contributed by atoms with van der Waals surface area (Å²) in [6.45, 7) is 0.732. The molecule has 10 heteroatoms. The Morgan fingerprint density at radius 1 is 1.05 bits per heavy atom. The van der Waals surface area contributed by atoms with E-state index < -0.39 is 17.7 Å². The summed E-state index contributed by atoms with van der Waals surface area (Å²) in [6.07, 6.45) is 7.07. The number of urea groups is 1. The summed E-state index contributed by atoms with van der Waals surface area (Å²) < 4.78 is 37.4. The molecule has 0 saturated carbocycles. The molecule has 3 aromatic heterocycles. The number of anilines is 3. The highest BCUT2D eigenvalue weighted by atomic mass is 19.1. The minimum atomic E-state index is -0.446. The normalized spacial score (nSPS) is 15.1. The van der Waals surface area contributed by atoms with Crippen LogP contribution in [-0.4, -0.2) is 33.9 Å². The number of pyridine rings is 1. The van der Waals surface area contributed by atoms with Crippen molar-refractivity contribution in [3.05, 3.63) is 103 Å². The van der Waals surface area contributed by atoms with Crippen molar-refractivity contribution in [1.82, 2.24) is 14.2 Å². The van der Waals surface area contributed by atoms with Crippen molar-refractivity contribution in [3.8, 4) is 11.6 Å². The molecule has 4 heterocycles. The number of nitrogens with zero attached hydrogens (tertiary/aromatic N) is 4. The minimum Gasteiger partial charge on any atom is -0.497 e. The van der Waals surface area contributed by atoms with Crippen LogP contribution in [0.2, 0.25) is 0 Å². The summed E-state index contributed by atoms with van der Waals surface area (Å²) >= 11 is 0. The van der Waals surface area contributed by atoms with Gasteiger partial charge in [-0.3, -0.25) is 4.52 Å². The molecule has 2 amide bonds. The van der Waals surface area contributed by atoms with Gasteiger partial charge in [0, 0.05) is 30.2 Å². The predicted molar refractivity (Wildman–Crippen MR) is 146 cm³/mol. The first-order valence-corrected chi connectivity index (χ1v) is 12.6. The average molecular weight is 529 g/mol. The molecule has 1 saturated heterocycles. The lowest BCUT2D eigenvalue weighted by Gasteiger charge is -2.26. The fourth-order valence-electron chi connectivity index (χ4n) is 5.12. The van der Waals surface area contributed by atoms with E-state index in [0.29, 0.717) is 28.5 Å². The van der Waals surface area contributed by atoms with E-state index in [1.807, 2.05) is 33.7 Å². The molecule has 0 radical (unpaired) electrons. The number of hydrogen-bond donors (Lipinski definition) is 2. The molecule has 39 heavy (non-hydrogen) atoms. The number of carbonyl (C=O) groups is 1. The van der Waals surface area contributed by atoms with Gasteiger partial charge in [-0.1, -0.05) is 0 Å². The number of amides is 2. The first kappa shape index (κ1) is 24.5. The lowest BCUT2D eigenvalue weighted by Crippen LogP contribution is -2.23. The fraction of sp³-hybridized carbons (Fsp3) is 0.172. The standard InChI is InChI=1S/C29H26F2N6O2/c1-39-23-9-7-20(8-10-23)33-29(38)34-26-4-2-13-32-28(26)36-15-12-21-17-22(18-37(21)36)35-14-3-5-27(35)24-16-19(30)6-11-25(24)31/h2,4,6-13,15-18,27H,3,5,14H2,1H3,(H2,33,34,38). The third kappa shape index (κ3) is 4.76. The number of benzene rings is 2. The zero-order valence-corrected chi connectivity index (χ0v) is 21.1. The quantitative estimate of drug-likeness (QED) is 0.268. The zero-order chi connectivity index (χ0) is 26.9. The number of rotatable bonds is 6. The van der Waals surface area contributed by atoms with Crippen LogP contribution in [0, 0.1) is 11.6 Å². The van der Waals surface area contributed by atoms with Gasteiger partial charge in [0.05, 0.1) is 36.2 Å². The van der Waals surface area contributed by atoms with Crippen LogP contribution < -0.4 is 20.3 Å². The summed E-state index contributed by atoms with van der Waals surface area (Å²) in [5.41, 5.74) is 3.29. The lowest BCUT2D eigenvalue weighted by atomic mass is 10.0. The third-order valence-electron chi connectivity index (χ3n) is 6.93. The van der Waals surface area contributed by atoms with E-state index in [1.54, 1.807) is 49.7 Å². The van der Waals surface area contributed by atoms with E-state index in [4.69, 9.17) is 4.74 Å². The van der Waals surface area contributed by atoms with Crippen LogP contribution >= 0.6 is 0 Å². The van der Waals surface area contributed by atoms with Gasteiger partial charge in [0.15, 0.2) is 5.82 Å². The molecular weight excluding hydrogens is 502 g/mol. The van der Waals surface area contributed by atoms with Crippen molar-refractivity contribution in [3.63, 3.8) is 0 Å². The van der Waals surface area contributed by atoms with Crippen molar-refractivity contribution >= 4 is 28.6 Å². The van der Waals surface area contributed by atoms with Crippen molar-refractivity contribution in [2.45, 2.75) is 18.9 Å². The number of hydrogen-bond acceptors (Lipinski definition) is 4. The Labute approximate surface area is 223 Å². The Morgan fingerprint density at radius 2 is 1.90 bits per heavy atom. The first-order chi connectivity index (χ1) is 19.0. The van der Waals surface area contributed by atoms with Crippen molar-refractivity contribution in [1.29, 1.82) is 0 Å². The Balaban J connectivity index is 1.27. The lowest BCUT2D eigenvalue weighted by molar-refractivity contribution is 0.262. The monoisotopic (exact) mass is 528 g/mol. The smallest absolute Gasteiger partial charge is 0.323 e. The van der Waals surface area contributed by atoms with E-state index in [2.05, 4.69) is 20.5 Å². The van der Waals surface area contributed by atoms with Gasteiger partial charge in [-0.05, 0) is 79.6 Å². The van der Waals surface area contributed by atoms with Crippen molar-refractivity contribution < 1.29 is 18.3 Å². The molecule has 0 bridgehead atoms. The van der Waals surface area contributed by atoms with Gasteiger partial charge in [0.2, 0.25) is 0 Å². The Bertz CT molecular complexity index is 1650. The molecule has 5 aromatic rings. The highest BCUT2D eigenvalue weighted by Crippen LogP contribution is 2.38. The maximum atomic E-state index is 14.6. The number of methoxy groups -OCH3 is 1. The van der Waals surface area contributed by atoms with Crippen LogP contribution in [0.25, 0.3) is 11.3 Å². The molecule has 1 unspecified atom stereocenters. The maximum Gasteiger partial charge on any atom is 0.323 e. The highest BCUT2D eigenvalue weighted by molar-refractivity contribution is 6.00. The average Bonchev–Trinajstić information content (AvgIpc) is 3.67. The van der Waals surface area contributed by atoms with Crippen LogP contribution in [0.15, 0.2) is 85.3 Å². The molecule has 1 aliphatic rings. The number of halogens is 2. The van der Waals surface area contributed by atoms with E-state index in [0.717, 1.165) is 36.7 Å². The summed E-state index contributed by atoms with van der Waals surface area (Å²) in [5, 5.41) is 5.69. The molecule has 6 rings (SSSR count). The van der Waals surface area contributed by atoms with Crippen LogP contribution in [0.1, 0.15) is 24.4 Å². The van der Waals surface area contributed by atoms with E-state index in [1.165, 1.54) is 12.1 Å². The van der Waals surface area contributed by atoms with Crippen molar-refractivity contribution in [2.75, 3.05) is 29.2 Å². The van der Waals surface area contributed by atoms with Gasteiger partial charge in [-0.15, -0.1) is 0 Å². The summed E-state index contributed by atoms with van der Waals surface area (Å²) in [6, 6.07) is 17.4. The maximum absolute atomic E-state index is 14.6. The van der Waals surface area contributed by atoms with E-state index in [-0.39, 0.29) is 6.04 Å². The largest absolute Gasteiger partial charge is 0.497 e. The number of ether oxygens (including phenoxy) is 1. The topological polar surface area (TPSA) is 75.8 Å². The van der Waals surface area contributed by atoms with E-state index >= 15 is 0 Å². The molecule has 8 nitrogen and oxygen atoms in total. The molecule has 198 valence electrons. The first-order valence-electron chi connectivity index (χ1n) is 12.6. The molecule has 2 N–H and O–H groups in total. The second-order valence-electron chi connectivity index (χ2n) is 9.33. The number of carbonyl (C=O) groups excluding carboxylic acids is 1. The second kappa shape index (κ2) is 10.1. The van der Waals surface area contributed by atoms with Crippen LogP contribution in [0.3, 0.4) is 0 Å². The third-order valence-corrected chi connectivity index (χ3v) is 6.93. The van der Waals surface area contributed by atoms with Gasteiger partial charge in [0.1, 0.15) is 17.4 Å². The van der Waals surface area contributed by atoms with Gasteiger partial charge < -0.3 is 20.3 Å². The number of fused-ring (bicyclic) bond motifs is 1. The number of aromatic nitrogens is 3. The highest BCUT2D eigenvalue weighted by Gasteiger charge is 2.30. The molecular formula is C29H26F2N6O2. The fourth-order valence-corrected chi connectivity index (χ4v) is 5.12. The Morgan fingerprint density at radius 3 is 2.72 bits per heavy atom. The van der Waals surface area contributed by atoms with E-state index in [9.17, 15) is 13.6 Å². The summed E-state index contributed by atoms with van der Waals surface area (Å²) in [7, 11) is 1.58. The molecule has 0 spiro atoms. The Kier molecular flexibility index (Phi) is 6.36. The van der Waals surface area contributed by atoms with Gasteiger partial charge in [-0.25, -0.2) is 23.2 Å². The molecule has 1 fully saturated rings. The van der Waals surface area contributed by atoms with Gasteiger partial charge in [0.25, 0.3) is 0 Å². The predicted octanol–water partition coefficient (Wildman–Crippen LogP) is 6.40. The van der Waals surface area contributed by atoms with Crippen LogP contribution in [-0.2, 0) is 0 Å². The van der Waals surface area contributed by atoms with Gasteiger partial charge in [-0.2, -0.15) is 0 Å². The Hall–Kier alpha value is -4.86. The minimum absolute atomic E-state index is 0.255. The SMILES string of the molecule is COc1ccc(NC(=O)Nc2cccnc2-n2ccc3cc(N4CCCC4c4cc(F)ccc4F)cn32)cc1. The number of nitrogens with one attached hydrogen (secondary N) is 2. The molecule has 0 aliphatic carbocycles. The summed E-state index contributed by atoms with van der Waals surface area (Å²) in [5.74, 6) is 0.366. The zero-order valence-electron chi connectivity index (χ0n) is 21.1. The molecule has 1 aliphatic heterocycles.